The lowest BCUT2D eigenvalue weighted by molar-refractivity contribution is -0.0435. The number of nitrogens with one attached hydrogen (secondary N) is 2. The number of anilines is 1. The molecule has 0 bridgehead atoms. The molecular formula is C31H36F3N3O6S3. The van der Waals surface area contributed by atoms with Crippen LogP contribution in [0.4, 0.5) is 18.9 Å². The van der Waals surface area contributed by atoms with E-state index < -0.39 is 47.1 Å². The summed E-state index contributed by atoms with van der Waals surface area (Å²) in [6.45, 7) is 4.76. The molecule has 1 saturated heterocycles. The van der Waals surface area contributed by atoms with Crippen molar-refractivity contribution in [3.63, 3.8) is 0 Å². The zero-order valence-corrected chi connectivity index (χ0v) is 27.5. The fraction of sp³-hybridized carbons (Fsp3) is 0.387. The zero-order chi connectivity index (χ0) is 33.4. The summed E-state index contributed by atoms with van der Waals surface area (Å²) < 4.78 is 101. The molecule has 0 aromatic heterocycles. The largest absolute Gasteiger partial charge is 0.501 e. The molecule has 3 aromatic rings. The van der Waals surface area contributed by atoms with E-state index in [9.17, 15) is 34.8 Å². The number of likely N-dealkylation sites (tertiary alicyclic amines) is 1. The second-order valence-electron chi connectivity index (χ2n) is 10.7. The van der Waals surface area contributed by atoms with Gasteiger partial charge in [0.05, 0.1) is 16.7 Å². The number of hydrogen-bond acceptors (Lipinski definition) is 9. The smallest absolute Gasteiger partial charge is 0.380 e. The molecule has 9 nitrogen and oxygen atoms in total. The van der Waals surface area contributed by atoms with Crippen LogP contribution in [0.5, 0.6) is 0 Å². The van der Waals surface area contributed by atoms with Gasteiger partial charge in [-0.15, -0.1) is 11.8 Å². The number of nitrogens with zero attached hydrogens (tertiary/aromatic N) is 1. The molecule has 1 fully saturated rings. The molecule has 0 radical (unpaired) electrons. The first-order valence-electron chi connectivity index (χ1n) is 14.7. The summed E-state index contributed by atoms with van der Waals surface area (Å²) >= 11 is 1.46. The van der Waals surface area contributed by atoms with Crippen LogP contribution >= 0.6 is 11.8 Å². The van der Waals surface area contributed by atoms with Crippen molar-refractivity contribution in [3.05, 3.63) is 84.4 Å². The third-order valence-electron chi connectivity index (χ3n) is 7.41. The van der Waals surface area contributed by atoms with Crippen molar-refractivity contribution in [1.82, 2.24) is 9.62 Å². The van der Waals surface area contributed by atoms with Crippen LogP contribution in [-0.2, 0) is 24.6 Å². The Morgan fingerprint density at radius 2 is 1.61 bits per heavy atom. The van der Waals surface area contributed by atoms with Gasteiger partial charge in [0.15, 0.2) is 0 Å². The van der Waals surface area contributed by atoms with Crippen molar-refractivity contribution in [2.45, 2.75) is 58.5 Å². The van der Waals surface area contributed by atoms with Gasteiger partial charge < -0.3 is 15.0 Å². The van der Waals surface area contributed by atoms with Crippen molar-refractivity contribution in [3.8, 4) is 0 Å². The Bertz CT molecular complexity index is 1670. The summed E-state index contributed by atoms with van der Waals surface area (Å²) in [6, 6.07) is 18.6. The van der Waals surface area contributed by atoms with Gasteiger partial charge in [-0.25, -0.2) is 21.6 Å². The highest BCUT2D eigenvalue weighted by Gasteiger charge is 2.48. The predicted molar refractivity (Wildman–Crippen MR) is 171 cm³/mol. The van der Waals surface area contributed by atoms with Gasteiger partial charge in [0.25, 0.3) is 25.8 Å². The highest BCUT2D eigenvalue weighted by Crippen LogP contribution is 2.36. The number of carbonyl (C=O) groups excluding carboxylic acids is 1. The number of ether oxygens (including phenoxy) is 1. The van der Waals surface area contributed by atoms with E-state index in [1.165, 1.54) is 36.0 Å². The normalized spacial score (nSPS) is 15.7. The summed E-state index contributed by atoms with van der Waals surface area (Å²) in [5.41, 5.74) is -6.11. The number of sulfone groups is 1. The number of alkyl halides is 3. The Balaban J connectivity index is 1.61. The molecule has 1 unspecified atom stereocenters. The average Bonchev–Trinajstić information content (AvgIpc) is 3.03. The standard InChI is InChI=1S/C31H36F3N3O6S3/c1-2-43-25-16-19-37(20-17-25)18-15-24(22-44-26-11-7-4-8-12-26)35-28-14-13-27(21-29(28)45(39,40)31(32,33)34)46(41,42)36-30(38)23-9-5-3-6-10-23/h3-14,21,24-25,35H,2,15-20,22H2,1H3,(H,36,38). The maximum Gasteiger partial charge on any atom is 0.501 e. The predicted octanol–water partition coefficient (Wildman–Crippen LogP) is 5.56. The van der Waals surface area contributed by atoms with Gasteiger partial charge in [-0.1, -0.05) is 36.4 Å². The van der Waals surface area contributed by atoms with E-state index >= 15 is 0 Å². The molecule has 0 aliphatic carbocycles. The number of sulfonamides is 1. The Hall–Kier alpha value is -3.11. The number of piperidine rings is 1. The average molecular weight is 700 g/mol. The molecule has 1 atom stereocenters. The van der Waals surface area contributed by atoms with Crippen LogP contribution in [0.3, 0.4) is 0 Å². The van der Waals surface area contributed by atoms with Crippen molar-refractivity contribution < 1.29 is 39.5 Å². The third-order valence-corrected chi connectivity index (χ3v) is 11.4. The number of carbonyl (C=O) groups is 1. The van der Waals surface area contributed by atoms with E-state index in [0.29, 0.717) is 31.4 Å². The minimum Gasteiger partial charge on any atom is -0.380 e. The fourth-order valence-corrected chi connectivity index (χ4v) is 7.99. The van der Waals surface area contributed by atoms with Gasteiger partial charge in [-0.2, -0.15) is 13.2 Å². The number of benzene rings is 3. The second kappa shape index (κ2) is 15.7. The highest BCUT2D eigenvalue weighted by molar-refractivity contribution is 7.99. The second-order valence-corrected chi connectivity index (χ2v) is 15.3. The molecule has 1 aliphatic heterocycles. The van der Waals surface area contributed by atoms with Crippen molar-refractivity contribution in [1.29, 1.82) is 0 Å². The van der Waals surface area contributed by atoms with Crippen molar-refractivity contribution >= 4 is 43.2 Å². The molecular weight excluding hydrogens is 664 g/mol. The van der Waals surface area contributed by atoms with Crippen LogP contribution in [0.1, 0.15) is 36.5 Å². The molecule has 250 valence electrons. The number of halogens is 3. The Morgan fingerprint density at radius 1 is 0.978 bits per heavy atom. The number of amides is 1. The van der Waals surface area contributed by atoms with Crippen molar-refractivity contribution in [2.24, 2.45) is 0 Å². The first kappa shape index (κ1) is 35.7. The van der Waals surface area contributed by atoms with Gasteiger partial charge in [0.2, 0.25) is 0 Å². The molecule has 46 heavy (non-hydrogen) atoms. The van der Waals surface area contributed by atoms with Gasteiger partial charge in [0.1, 0.15) is 4.90 Å². The minimum absolute atomic E-state index is 0.00614. The van der Waals surface area contributed by atoms with Crippen LogP contribution in [0, 0.1) is 0 Å². The lowest BCUT2D eigenvalue weighted by atomic mass is 10.1. The van der Waals surface area contributed by atoms with Gasteiger partial charge in [-0.3, -0.25) is 4.79 Å². The summed E-state index contributed by atoms with van der Waals surface area (Å²) in [5, 5.41) is 2.98. The van der Waals surface area contributed by atoms with Crippen LogP contribution in [0.25, 0.3) is 0 Å². The van der Waals surface area contributed by atoms with E-state index in [0.717, 1.165) is 43.0 Å². The van der Waals surface area contributed by atoms with E-state index in [4.69, 9.17) is 4.74 Å². The monoisotopic (exact) mass is 699 g/mol. The first-order chi connectivity index (χ1) is 21.8. The van der Waals surface area contributed by atoms with Crippen LogP contribution in [0.15, 0.2) is 93.5 Å². The minimum atomic E-state index is -6.00. The molecule has 1 aliphatic rings. The summed E-state index contributed by atoms with van der Waals surface area (Å²) in [6.07, 6.45) is 2.37. The zero-order valence-electron chi connectivity index (χ0n) is 25.1. The van der Waals surface area contributed by atoms with E-state index in [2.05, 4.69) is 10.2 Å². The molecule has 2 N–H and O–H groups in total. The maximum absolute atomic E-state index is 13.9. The molecule has 15 heteroatoms. The fourth-order valence-electron chi connectivity index (χ4n) is 4.97. The Kier molecular flexibility index (Phi) is 12.2. The summed E-state index contributed by atoms with van der Waals surface area (Å²) in [7, 11) is -10.7. The van der Waals surface area contributed by atoms with Gasteiger partial charge >= 0.3 is 5.51 Å². The SMILES string of the molecule is CCOC1CCN(CCC(CSc2ccccc2)Nc2ccc(S(=O)(=O)NC(=O)c3ccccc3)cc2S(=O)(=O)C(F)(F)F)CC1. The molecule has 1 amide bonds. The maximum atomic E-state index is 13.9. The molecule has 0 saturated carbocycles. The molecule has 4 rings (SSSR count). The summed E-state index contributed by atoms with van der Waals surface area (Å²) in [4.78, 5) is 13.6. The van der Waals surface area contributed by atoms with Crippen LogP contribution < -0.4 is 10.0 Å². The quantitative estimate of drug-likeness (QED) is 0.208. The van der Waals surface area contributed by atoms with E-state index in [1.54, 1.807) is 10.8 Å². The van der Waals surface area contributed by atoms with E-state index in [1.807, 2.05) is 37.3 Å². The number of hydrogen-bond donors (Lipinski definition) is 2. The topological polar surface area (TPSA) is 122 Å². The molecule has 3 aromatic carbocycles. The van der Waals surface area contributed by atoms with Crippen molar-refractivity contribution in [2.75, 3.05) is 37.3 Å². The summed E-state index contributed by atoms with van der Waals surface area (Å²) in [5.74, 6) is -0.635. The first-order valence-corrected chi connectivity index (χ1v) is 18.6. The third kappa shape index (κ3) is 9.47. The number of thioether (sulfide) groups is 1. The van der Waals surface area contributed by atoms with Crippen LogP contribution in [-0.4, -0.2) is 77.3 Å². The molecule has 0 spiro atoms. The lowest BCUT2D eigenvalue weighted by Gasteiger charge is -2.33. The Labute approximate surface area is 271 Å². The van der Waals surface area contributed by atoms with Gasteiger partial charge in [0, 0.05) is 48.5 Å². The number of rotatable bonds is 14. The highest BCUT2D eigenvalue weighted by atomic mass is 32.2. The molecule has 1 heterocycles. The van der Waals surface area contributed by atoms with Gasteiger partial charge in [-0.05, 0) is 68.7 Å². The van der Waals surface area contributed by atoms with E-state index in [-0.39, 0.29) is 17.4 Å². The lowest BCUT2D eigenvalue weighted by Crippen LogP contribution is -2.39. The van der Waals surface area contributed by atoms with Crippen LogP contribution in [0.2, 0.25) is 0 Å². The Morgan fingerprint density at radius 3 is 2.22 bits per heavy atom.